The third kappa shape index (κ3) is 3.62. The molecule has 1 aliphatic rings. The van der Waals surface area contributed by atoms with E-state index in [-0.39, 0.29) is 12.1 Å². The average molecular weight is 432 g/mol. The first-order valence-electron chi connectivity index (χ1n) is 9.11. The number of nitrogens with zero attached hydrogens (tertiary/aromatic N) is 2. The fourth-order valence-corrected chi connectivity index (χ4v) is 4.14. The molecule has 0 radical (unpaired) electrons. The third-order valence-electron chi connectivity index (χ3n) is 4.78. The number of nitrogens with one attached hydrogen (secondary N) is 1. The van der Waals surface area contributed by atoms with Crippen molar-refractivity contribution in [1.29, 1.82) is 0 Å². The second-order valence-corrected chi connectivity index (χ2v) is 7.85. The maximum absolute atomic E-state index is 6.25. The van der Waals surface area contributed by atoms with Gasteiger partial charge in [-0.1, -0.05) is 36.2 Å². The quantitative estimate of drug-likeness (QED) is 0.499. The molecule has 0 aliphatic carbocycles. The van der Waals surface area contributed by atoms with E-state index in [4.69, 9.17) is 39.8 Å². The van der Waals surface area contributed by atoms with Crippen LogP contribution in [0.3, 0.4) is 0 Å². The zero-order valence-electron chi connectivity index (χ0n) is 15.2. The predicted octanol–water partition coefficient (Wildman–Crippen LogP) is 6.03. The molecule has 1 aromatic carbocycles. The first-order valence-corrected chi connectivity index (χ1v) is 10.3. The first kappa shape index (κ1) is 19.2. The molecule has 1 fully saturated rings. The average Bonchev–Trinajstić information content (AvgIpc) is 3.30. The van der Waals surface area contributed by atoms with E-state index in [9.17, 15) is 0 Å². The van der Waals surface area contributed by atoms with Crippen LogP contribution in [-0.4, -0.2) is 21.5 Å². The summed E-state index contributed by atoms with van der Waals surface area (Å²) in [6.07, 6.45) is 2.77. The van der Waals surface area contributed by atoms with Gasteiger partial charge in [-0.05, 0) is 61.1 Å². The summed E-state index contributed by atoms with van der Waals surface area (Å²) in [4.78, 5) is 6.70. The number of pyridine rings is 1. The van der Waals surface area contributed by atoms with E-state index in [1.807, 2.05) is 42.5 Å². The smallest absolute Gasteiger partial charge is 0.170 e. The molecule has 1 N–H and O–H groups in total. The Kier molecular flexibility index (Phi) is 5.58. The Balaban J connectivity index is 1.72. The predicted molar refractivity (Wildman–Crippen MR) is 117 cm³/mol. The van der Waals surface area contributed by atoms with Crippen molar-refractivity contribution < 1.29 is 4.42 Å². The van der Waals surface area contributed by atoms with E-state index >= 15 is 0 Å². The topological polar surface area (TPSA) is 41.3 Å². The van der Waals surface area contributed by atoms with Crippen LogP contribution in [0.15, 0.2) is 59.1 Å². The van der Waals surface area contributed by atoms with Crippen LogP contribution in [0.5, 0.6) is 0 Å². The molecule has 3 aromatic rings. The summed E-state index contributed by atoms with van der Waals surface area (Å²) in [6, 6.07) is 15.2. The number of hydrogen-bond acceptors (Lipinski definition) is 3. The van der Waals surface area contributed by atoms with Gasteiger partial charge < -0.3 is 14.6 Å². The Morgan fingerprint density at radius 3 is 2.71 bits per heavy atom. The number of hydrogen-bond donors (Lipinski definition) is 1. The molecule has 0 amide bonds. The van der Waals surface area contributed by atoms with Gasteiger partial charge in [0.2, 0.25) is 0 Å². The van der Waals surface area contributed by atoms with Crippen molar-refractivity contribution in [3.63, 3.8) is 0 Å². The van der Waals surface area contributed by atoms with Crippen molar-refractivity contribution in [3.8, 4) is 11.3 Å². The van der Waals surface area contributed by atoms with Gasteiger partial charge in [0.1, 0.15) is 17.6 Å². The Morgan fingerprint density at radius 2 is 2.00 bits per heavy atom. The monoisotopic (exact) mass is 431 g/mol. The molecule has 0 bridgehead atoms. The van der Waals surface area contributed by atoms with Crippen LogP contribution in [0.2, 0.25) is 10.0 Å². The number of thiocarbonyl (C=S) groups is 1. The molecule has 3 heterocycles. The van der Waals surface area contributed by atoms with Crippen LogP contribution in [0, 0.1) is 0 Å². The number of benzene rings is 1. The molecule has 1 saturated heterocycles. The highest BCUT2D eigenvalue weighted by Gasteiger charge is 2.41. The molecule has 7 heteroatoms. The number of aromatic nitrogens is 1. The van der Waals surface area contributed by atoms with Crippen molar-refractivity contribution >= 4 is 40.5 Å². The van der Waals surface area contributed by atoms with Crippen LogP contribution in [0.1, 0.15) is 36.9 Å². The Morgan fingerprint density at radius 1 is 1.14 bits per heavy atom. The van der Waals surface area contributed by atoms with Gasteiger partial charge in [0, 0.05) is 18.3 Å². The highest BCUT2D eigenvalue weighted by molar-refractivity contribution is 7.80. The van der Waals surface area contributed by atoms with Crippen LogP contribution in [-0.2, 0) is 0 Å². The summed E-state index contributed by atoms with van der Waals surface area (Å²) in [7, 11) is 0. The lowest BCUT2D eigenvalue weighted by molar-refractivity contribution is 0.275. The summed E-state index contributed by atoms with van der Waals surface area (Å²) >= 11 is 17.8. The minimum atomic E-state index is -0.0759. The lowest BCUT2D eigenvalue weighted by Crippen LogP contribution is -2.30. The number of furan rings is 1. The second-order valence-electron chi connectivity index (χ2n) is 6.65. The lowest BCUT2D eigenvalue weighted by Gasteiger charge is -2.25. The van der Waals surface area contributed by atoms with Crippen LogP contribution >= 0.6 is 35.4 Å². The first-order chi connectivity index (χ1) is 13.6. The fraction of sp³-hybridized carbons (Fsp3) is 0.238. The zero-order valence-corrected chi connectivity index (χ0v) is 17.6. The lowest BCUT2D eigenvalue weighted by atomic mass is 10.0. The Bertz CT molecular complexity index is 992. The normalized spacial score (nSPS) is 19.1. The van der Waals surface area contributed by atoms with Gasteiger partial charge in [0.15, 0.2) is 5.11 Å². The molecule has 144 valence electrons. The summed E-state index contributed by atoms with van der Waals surface area (Å²) in [5.74, 6) is 1.57. The summed E-state index contributed by atoms with van der Waals surface area (Å²) in [6.45, 7) is 2.97. The SMILES string of the molecule is CCCN1C(=S)N[C@@H](c2ccccn2)[C@H]1c1ccc(-c2ccc(Cl)c(Cl)c2)o1. The minimum absolute atomic E-state index is 0.0705. The molecule has 4 nitrogen and oxygen atoms in total. The molecule has 28 heavy (non-hydrogen) atoms. The maximum atomic E-state index is 6.25. The molecule has 0 spiro atoms. The van der Waals surface area contributed by atoms with Gasteiger partial charge in [-0.25, -0.2) is 0 Å². The minimum Gasteiger partial charge on any atom is -0.459 e. The third-order valence-corrected chi connectivity index (χ3v) is 5.88. The van der Waals surface area contributed by atoms with Gasteiger partial charge >= 0.3 is 0 Å². The molecular formula is C21H19Cl2N3OS. The van der Waals surface area contributed by atoms with Crippen molar-refractivity contribution in [3.05, 3.63) is 76.2 Å². The van der Waals surface area contributed by atoms with Crippen molar-refractivity contribution in [2.75, 3.05) is 6.54 Å². The number of rotatable bonds is 5. The summed E-state index contributed by atoms with van der Waals surface area (Å²) in [5, 5.41) is 5.15. The highest BCUT2D eigenvalue weighted by Crippen LogP contribution is 2.40. The van der Waals surface area contributed by atoms with Gasteiger partial charge in [0.05, 0.1) is 21.8 Å². The zero-order chi connectivity index (χ0) is 19.7. The maximum Gasteiger partial charge on any atom is 0.170 e. The largest absolute Gasteiger partial charge is 0.459 e. The van der Waals surface area contributed by atoms with Crippen LogP contribution in [0.25, 0.3) is 11.3 Å². The standard InChI is InChI=1S/C21H19Cl2N3OS/c1-2-11-26-20(19(25-21(26)28)16-5-3-4-10-24-16)18-9-8-17(27-18)13-6-7-14(22)15(23)12-13/h3-10,12,19-20H,2,11H2,1H3,(H,25,28)/t19-,20+/m0/s1. The number of halogens is 2. The van der Waals surface area contributed by atoms with E-state index in [2.05, 4.69) is 22.1 Å². The van der Waals surface area contributed by atoms with E-state index in [0.29, 0.717) is 10.0 Å². The molecule has 2 aromatic heterocycles. The summed E-state index contributed by atoms with van der Waals surface area (Å²) in [5.41, 5.74) is 1.81. The van der Waals surface area contributed by atoms with Crippen molar-refractivity contribution in [2.24, 2.45) is 0 Å². The van der Waals surface area contributed by atoms with Crippen LogP contribution in [0.4, 0.5) is 0 Å². The molecule has 4 rings (SSSR count). The molecular weight excluding hydrogens is 413 g/mol. The fourth-order valence-electron chi connectivity index (χ4n) is 3.51. The van der Waals surface area contributed by atoms with Crippen molar-refractivity contribution in [2.45, 2.75) is 25.4 Å². The van der Waals surface area contributed by atoms with E-state index in [1.165, 1.54) is 0 Å². The second kappa shape index (κ2) is 8.11. The summed E-state index contributed by atoms with van der Waals surface area (Å²) < 4.78 is 6.25. The van der Waals surface area contributed by atoms with Crippen molar-refractivity contribution in [1.82, 2.24) is 15.2 Å². The van der Waals surface area contributed by atoms with Gasteiger partial charge in [-0.3, -0.25) is 4.98 Å². The molecule has 2 atom stereocenters. The van der Waals surface area contributed by atoms with Gasteiger partial charge in [-0.2, -0.15) is 0 Å². The molecule has 0 saturated carbocycles. The molecule has 0 unspecified atom stereocenters. The van der Waals surface area contributed by atoms with E-state index in [0.717, 1.165) is 40.9 Å². The molecule has 1 aliphatic heterocycles. The van der Waals surface area contributed by atoms with Gasteiger partial charge in [-0.15, -0.1) is 0 Å². The van der Waals surface area contributed by atoms with E-state index in [1.54, 1.807) is 12.3 Å². The Hall–Kier alpha value is -2.08. The van der Waals surface area contributed by atoms with Gasteiger partial charge in [0.25, 0.3) is 0 Å². The Labute approximate surface area is 179 Å². The highest BCUT2D eigenvalue weighted by atomic mass is 35.5. The van der Waals surface area contributed by atoms with E-state index < -0.39 is 0 Å². The van der Waals surface area contributed by atoms with Crippen LogP contribution < -0.4 is 5.32 Å².